The maximum Gasteiger partial charge on any atom is 0.0940 e. The fraction of sp³-hybridized carbons (Fsp3) is 0.289. The van der Waals surface area contributed by atoms with Crippen molar-refractivity contribution in [2.75, 3.05) is 23.3 Å². The molecule has 0 saturated carbocycles. The van der Waals surface area contributed by atoms with Crippen molar-refractivity contribution in [3.63, 3.8) is 0 Å². The number of nitrogens with one attached hydrogen (secondary N) is 1. The van der Waals surface area contributed by atoms with Gasteiger partial charge in [-0.25, -0.2) is 0 Å². The van der Waals surface area contributed by atoms with Crippen molar-refractivity contribution in [3.05, 3.63) is 126 Å². The van der Waals surface area contributed by atoms with Crippen molar-refractivity contribution in [1.29, 1.82) is 0 Å². The fourth-order valence-electron chi connectivity index (χ4n) is 6.24. The first-order valence-electron chi connectivity index (χ1n) is 15.2. The van der Waals surface area contributed by atoms with Crippen molar-refractivity contribution in [1.82, 2.24) is 4.98 Å². The molecule has 1 atom stereocenters. The normalized spacial score (nSPS) is 14.2. The lowest BCUT2D eigenvalue weighted by atomic mass is 9.90. The third-order valence-electron chi connectivity index (χ3n) is 8.45. The number of hydrogen-bond donors (Lipinski definition) is 1. The van der Waals surface area contributed by atoms with Crippen LogP contribution in [0.25, 0.3) is 22.0 Å². The molecule has 0 bridgehead atoms. The third-order valence-corrected chi connectivity index (χ3v) is 8.45. The molecule has 1 saturated heterocycles. The summed E-state index contributed by atoms with van der Waals surface area (Å²) in [4.78, 5) is 7.89. The van der Waals surface area contributed by atoms with Crippen LogP contribution in [-0.4, -0.2) is 18.1 Å². The number of benzene rings is 4. The molecule has 1 aliphatic rings. The van der Waals surface area contributed by atoms with Gasteiger partial charge in [0.15, 0.2) is 0 Å². The summed E-state index contributed by atoms with van der Waals surface area (Å²) in [5.41, 5.74) is 9.78. The summed E-state index contributed by atoms with van der Waals surface area (Å²) >= 11 is 0. The highest BCUT2D eigenvalue weighted by Crippen LogP contribution is 2.40. The standard InChI is InChI=1S/C38H41N3/c1-26(2)33-24-30(41-22-10-11-23-41)25-34(27(3)4)38(33)40-37(29-15-6-5-7-16-29)36-21-13-20-35(39-36)32-19-12-17-28-14-8-9-18-31(28)32/h5-9,12-21,24-27,37,40H,10-11,22-23H2,1-4H3. The van der Waals surface area contributed by atoms with Gasteiger partial charge >= 0.3 is 0 Å². The zero-order chi connectivity index (χ0) is 28.3. The topological polar surface area (TPSA) is 28.2 Å². The predicted octanol–water partition coefficient (Wildman–Crippen LogP) is 9.95. The molecule has 0 spiro atoms. The van der Waals surface area contributed by atoms with Crippen LogP contribution >= 0.6 is 0 Å². The van der Waals surface area contributed by atoms with Crippen LogP contribution in [0.3, 0.4) is 0 Å². The molecular formula is C38H41N3. The molecule has 41 heavy (non-hydrogen) atoms. The van der Waals surface area contributed by atoms with E-state index in [9.17, 15) is 0 Å². The van der Waals surface area contributed by atoms with Gasteiger partial charge in [0.2, 0.25) is 0 Å². The first kappa shape index (κ1) is 27.1. The molecule has 3 nitrogen and oxygen atoms in total. The van der Waals surface area contributed by atoms with Crippen molar-refractivity contribution in [2.45, 2.75) is 58.4 Å². The van der Waals surface area contributed by atoms with Gasteiger partial charge in [0, 0.05) is 30.0 Å². The highest BCUT2D eigenvalue weighted by Gasteiger charge is 2.24. The molecule has 1 N–H and O–H groups in total. The summed E-state index contributed by atoms with van der Waals surface area (Å²) in [6.07, 6.45) is 2.56. The summed E-state index contributed by atoms with van der Waals surface area (Å²) in [6, 6.07) is 37.1. The van der Waals surface area contributed by atoms with Crippen LogP contribution in [0.1, 0.15) is 80.8 Å². The van der Waals surface area contributed by atoms with Crippen LogP contribution in [0.2, 0.25) is 0 Å². The number of fused-ring (bicyclic) bond motifs is 1. The molecule has 3 heteroatoms. The Hall–Kier alpha value is -4.11. The molecule has 1 aromatic heterocycles. The second kappa shape index (κ2) is 11.8. The van der Waals surface area contributed by atoms with E-state index in [1.54, 1.807) is 0 Å². The maximum absolute atomic E-state index is 5.32. The van der Waals surface area contributed by atoms with E-state index in [4.69, 9.17) is 4.98 Å². The molecule has 5 aromatic rings. The predicted molar refractivity (Wildman–Crippen MR) is 175 cm³/mol. The van der Waals surface area contributed by atoms with Crippen molar-refractivity contribution < 1.29 is 0 Å². The Labute approximate surface area is 245 Å². The van der Waals surface area contributed by atoms with Gasteiger partial charge in [-0.15, -0.1) is 0 Å². The molecule has 2 heterocycles. The monoisotopic (exact) mass is 539 g/mol. The lowest BCUT2D eigenvalue weighted by Crippen LogP contribution is -2.21. The molecular weight excluding hydrogens is 498 g/mol. The quantitative estimate of drug-likeness (QED) is 0.213. The molecule has 0 amide bonds. The van der Waals surface area contributed by atoms with Gasteiger partial charge < -0.3 is 10.2 Å². The van der Waals surface area contributed by atoms with Gasteiger partial charge in [-0.05, 0) is 76.4 Å². The molecule has 1 unspecified atom stereocenters. The zero-order valence-electron chi connectivity index (χ0n) is 24.8. The van der Waals surface area contributed by atoms with E-state index in [2.05, 4.69) is 141 Å². The minimum atomic E-state index is -0.0845. The molecule has 0 aliphatic carbocycles. The minimum absolute atomic E-state index is 0.0845. The van der Waals surface area contributed by atoms with E-state index in [0.717, 1.165) is 30.0 Å². The summed E-state index contributed by atoms with van der Waals surface area (Å²) in [5, 5.41) is 6.52. The van der Waals surface area contributed by atoms with Gasteiger partial charge in [0.25, 0.3) is 0 Å². The van der Waals surface area contributed by atoms with Gasteiger partial charge in [0.1, 0.15) is 0 Å². The fourth-order valence-corrected chi connectivity index (χ4v) is 6.24. The minimum Gasteiger partial charge on any atom is -0.372 e. The van der Waals surface area contributed by atoms with Gasteiger partial charge in [0.05, 0.1) is 17.4 Å². The van der Waals surface area contributed by atoms with Crippen molar-refractivity contribution >= 4 is 22.1 Å². The Morgan fingerprint density at radius 2 is 1.32 bits per heavy atom. The van der Waals surface area contributed by atoms with Crippen LogP contribution in [0.15, 0.2) is 103 Å². The van der Waals surface area contributed by atoms with Crippen LogP contribution in [-0.2, 0) is 0 Å². The lowest BCUT2D eigenvalue weighted by molar-refractivity contribution is 0.810. The van der Waals surface area contributed by atoms with Crippen LogP contribution in [0.5, 0.6) is 0 Å². The highest BCUT2D eigenvalue weighted by molar-refractivity contribution is 5.95. The van der Waals surface area contributed by atoms with E-state index in [1.165, 1.54) is 51.7 Å². The second-order valence-corrected chi connectivity index (χ2v) is 12.0. The number of nitrogens with zero attached hydrogens (tertiary/aromatic N) is 2. The highest BCUT2D eigenvalue weighted by atomic mass is 15.1. The summed E-state index contributed by atoms with van der Waals surface area (Å²) in [6.45, 7) is 11.6. The molecule has 0 radical (unpaired) electrons. The number of hydrogen-bond acceptors (Lipinski definition) is 3. The molecule has 1 fully saturated rings. The molecule has 4 aromatic carbocycles. The van der Waals surface area contributed by atoms with Gasteiger partial charge in [-0.2, -0.15) is 0 Å². The summed E-state index contributed by atoms with van der Waals surface area (Å²) in [7, 11) is 0. The average Bonchev–Trinajstić information content (AvgIpc) is 3.55. The number of aromatic nitrogens is 1. The van der Waals surface area contributed by atoms with Crippen LogP contribution in [0.4, 0.5) is 11.4 Å². The summed E-state index contributed by atoms with van der Waals surface area (Å²) in [5.74, 6) is 0.785. The van der Waals surface area contributed by atoms with Crippen LogP contribution < -0.4 is 10.2 Å². The van der Waals surface area contributed by atoms with Gasteiger partial charge in [-0.3, -0.25) is 4.98 Å². The summed E-state index contributed by atoms with van der Waals surface area (Å²) < 4.78 is 0. The maximum atomic E-state index is 5.32. The first-order valence-corrected chi connectivity index (χ1v) is 15.2. The Kier molecular flexibility index (Phi) is 7.78. The largest absolute Gasteiger partial charge is 0.372 e. The zero-order valence-corrected chi connectivity index (χ0v) is 24.8. The van der Waals surface area contributed by atoms with Crippen LogP contribution in [0, 0.1) is 0 Å². The number of rotatable bonds is 8. The van der Waals surface area contributed by atoms with E-state index in [1.807, 2.05) is 0 Å². The van der Waals surface area contributed by atoms with E-state index >= 15 is 0 Å². The SMILES string of the molecule is CC(C)c1cc(N2CCCC2)cc(C(C)C)c1NC(c1ccccc1)c1cccc(-c2cccc3ccccc23)n1. The molecule has 1 aliphatic heterocycles. The Bertz CT molecular complexity index is 1600. The Morgan fingerprint density at radius 1 is 0.683 bits per heavy atom. The number of pyridine rings is 1. The van der Waals surface area contributed by atoms with E-state index in [0.29, 0.717) is 11.8 Å². The van der Waals surface area contributed by atoms with Gasteiger partial charge in [-0.1, -0.05) is 107 Å². The van der Waals surface area contributed by atoms with Crippen molar-refractivity contribution in [2.24, 2.45) is 0 Å². The second-order valence-electron chi connectivity index (χ2n) is 12.0. The Morgan fingerprint density at radius 3 is 2.02 bits per heavy atom. The number of anilines is 2. The third kappa shape index (κ3) is 5.59. The smallest absolute Gasteiger partial charge is 0.0940 e. The van der Waals surface area contributed by atoms with E-state index in [-0.39, 0.29) is 6.04 Å². The van der Waals surface area contributed by atoms with Crippen molar-refractivity contribution in [3.8, 4) is 11.3 Å². The molecule has 6 rings (SSSR count). The van der Waals surface area contributed by atoms with E-state index < -0.39 is 0 Å². The lowest BCUT2D eigenvalue weighted by Gasteiger charge is -2.29. The molecule has 208 valence electrons. The first-order chi connectivity index (χ1) is 20.0. The Balaban J connectivity index is 1.48. The average molecular weight is 540 g/mol.